The molecule has 0 aromatic heterocycles. The SMILES string of the molecule is C/C=C(/N)c1ccc(OCCCN2CCC(CCCOc3ccc(C(=N)N)cc3)CC2)cc1. The van der Waals surface area contributed by atoms with E-state index < -0.39 is 0 Å². The lowest BCUT2D eigenvalue weighted by atomic mass is 9.92. The zero-order valence-corrected chi connectivity index (χ0v) is 19.8. The maximum absolute atomic E-state index is 7.43. The fraction of sp³-hybridized carbons (Fsp3) is 0.444. The highest BCUT2D eigenvalue weighted by Gasteiger charge is 2.18. The van der Waals surface area contributed by atoms with Crippen LogP contribution in [0.25, 0.3) is 5.70 Å². The second kappa shape index (κ2) is 12.9. The lowest BCUT2D eigenvalue weighted by Gasteiger charge is -2.32. The van der Waals surface area contributed by atoms with Gasteiger partial charge in [-0.3, -0.25) is 5.41 Å². The Labute approximate surface area is 198 Å². The number of likely N-dealkylation sites (tertiary alicyclic amines) is 1. The maximum atomic E-state index is 7.43. The van der Waals surface area contributed by atoms with E-state index in [-0.39, 0.29) is 5.84 Å². The summed E-state index contributed by atoms with van der Waals surface area (Å²) in [5.74, 6) is 2.62. The van der Waals surface area contributed by atoms with E-state index >= 15 is 0 Å². The minimum Gasteiger partial charge on any atom is -0.494 e. The molecule has 1 fully saturated rings. The topological polar surface area (TPSA) is 97.6 Å². The van der Waals surface area contributed by atoms with Gasteiger partial charge < -0.3 is 25.8 Å². The van der Waals surface area contributed by atoms with Crippen LogP contribution in [-0.2, 0) is 0 Å². The fourth-order valence-corrected chi connectivity index (χ4v) is 4.18. The molecule has 2 aromatic carbocycles. The van der Waals surface area contributed by atoms with Crippen LogP contribution in [0.3, 0.4) is 0 Å². The molecule has 1 aliphatic heterocycles. The Balaban J connectivity index is 1.23. The number of nitrogens with zero attached hydrogens (tertiary/aromatic N) is 1. The van der Waals surface area contributed by atoms with Crippen molar-refractivity contribution in [2.45, 2.75) is 39.0 Å². The van der Waals surface area contributed by atoms with Gasteiger partial charge in [0.15, 0.2) is 0 Å². The van der Waals surface area contributed by atoms with Crippen molar-refractivity contribution in [3.8, 4) is 11.5 Å². The molecule has 0 radical (unpaired) electrons. The van der Waals surface area contributed by atoms with Crippen LogP contribution in [0.2, 0.25) is 0 Å². The van der Waals surface area contributed by atoms with Gasteiger partial charge in [-0.15, -0.1) is 0 Å². The van der Waals surface area contributed by atoms with Crippen molar-refractivity contribution in [3.63, 3.8) is 0 Å². The number of allylic oxidation sites excluding steroid dienone is 1. The first-order valence-electron chi connectivity index (χ1n) is 12.0. The summed E-state index contributed by atoms with van der Waals surface area (Å²) in [6, 6.07) is 15.4. The smallest absolute Gasteiger partial charge is 0.122 e. The maximum Gasteiger partial charge on any atom is 0.122 e. The molecule has 0 amide bonds. The standard InChI is InChI=1S/C27H38N4O2/c1-2-26(28)22-6-10-24(11-7-22)33-20-4-16-31-17-14-21(15-18-31)5-3-19-32-25-12-8-23(9-13-25)27(29)30/h2,6-13,21H,3-5,14-20,28H2,1H3,(H3,29,30)/b26-2+. The zero-order chi connectivity index (χ0) is 23.5. The Morgan fingerprint density at radius 2 is 1.45 bits per heavy atom. The Bertz CT molecular complexity index is 885. The largest absolute Gasteiger partial charge is 0.494 e. The third-order valence-electron chi connectivity index (χ3n) is 6.28. The van der Waals surface area contributed by atoms with E-state index in [1.165, 1.54) is 32.4 Å². The van der Waals surface area contributed by atoms with E-state index in [9.17, 15) is 0 Å². The molecule has 178 valence electrons. The second-order valence-corrected chi connectivity index (χ2v) is 8.68. The van der Waals surface area contributed by atoms with Crippen LogP contribution in [0, 0.1) is 11.3 Å². The Hall–Kier alpha value is -2.99. The molecule has 2 aromatic rings. The van der Waals surface area contributed by atoms with Crippen molar-refractivity contribution >= 4 is 11.5 Å². The lowest BCUT2D eigenvalue weighted by Crippen LogP contribution is -2.35. The van der Waals surface area contributed by atoms with Crippen LogP contribution in [0.15, 0.2) is 54.6 Å². The van der Waals surface area contributed by atoms with Gasteiger partial charge in [-0.05, 0) is 112 Å². The highest BCUT2D eigenvalue weighted by molar-refractivity contribution is 5.94. The average Bonchev–Trinajstić information content (AvgIpc) is 2.85. The number of amidine groups is 1. The van der Waals surface area contributed by atoms with Gasteiger partial charge in [0.2, 0.25) is 0 Å². The summed E-state index contributed by atoms with van der Waals surface area (Å²) < 4.78 is 11.7. The summed E-state index contributed by atoms with van der Waals surface area (Å²) in [4.78, 5) is 2.56. The van der Waals surface area contributed by atoms with E-state index in [1.54, 1.807) is 0 Å². The van der Waals surface area contributed by atoms with Gasteiger partial charge in [0.25, 0.3) is 0 Å². The Kier molecular flexibility index (Phi) is 9.63. The number of ether oxygens (including phenoxy) is 2. The number of nitrogens with two attached hydrogens (primary N) is 2. The van der Waals surface area contributed by atoms with Gasteiger partial charge in [-0.2, -0.15) is 0 Å². The summed E-state index contributed by atoms with van der Waals surface area (Å²) in [5, 5.41) is 7.43. The van der Waals surface area contributed by atoms with Crippen LogP contribution in [0.4, 0.5) is 0 Å². The Morgan fingerprint density at radius 3 is 2.00 bits per heavy atom. The van der Waals surface area contributed by atoms with Gasteiger partial charge >= 0.3 is 0 Å². The van der Waals surface area contributed by atoms with Gasteiger partial charge in [0, 0.05) is 17.8 Å². The molecule has 0 unspecified atom stereocenters. The molecule has 0 aliphatic carbocycles. The zero-order valence-electron chi connectivity index (χ0n) is 19.8. The van der Waals surface area contributed by atoms with Crippen LogP contribution in [0.5, 0.6) is 11.5 Å². The van der Waals surface area contributed by atoms with Crippen LogP contribution < -0.4 is 20.9 Å². The molecular weight excluding hydrogens is 412 g/mol. The number of benzene rings is 2. The van der Waals surface area contributed by atoms with Crippen LogP contribution >= 0.6 is 0 Å². The minimum atomic E-state index is 0.0846. The van der Waals surface area contributed by atoms with Crippen molar-refractivity contribution in [3.05, 3.63) is 65.7 Å². The van der Waals surface area contributed by atoms with Crippen molar-refractivity contribution in [2.75, 3.05) is 32.8 Å². The molecule has 0 saturated carbocycles. The number of hydrogen-bond acceptors (Lipinski definition) is 5. The number of hydrogen-bond donors (Lipinski definition) is 3. The monoisotopic (exact) mass is 450 g/mol. The fourth-order valence-electron chi connectivity index (χ4n) is 4.18. The third kappa shape index (κ3) is 8.13. The predicted molar refractivity (Wildman–Crippen MR) is 136 cm³/mol. The molecule has 1 saturated heterocycles. The van der Waals surface area contributed by atoms with Crippen molar-refractivity contribution in [2.24, 2.45) is 17.4 Å². The van der Waals surface area contributed by atoms with E-state index in [2.05, 4.69) is 4.90 Å². The van der Waals surface area contributed by atoms with Gasteiger partial charge in [0.05, 0.1) is 13.2 Å². The second-order valence-electron chi connectivity index (χ2n) is 8.68. The van der Waals surface area contributed by atoms with Crippen LogP contribution in [-0.4, -0.2) is 43.6 Å². The molecule has 0 bridgehead atoms. The number of nitrogens with one attached hydrogen (secondary N) is 1. The molecule has 6 nitrogen and oxygen atoms in total. The average molecular weight is 451 g/mol. The highest BCUT2D eigenvalue weighted by atomic mass is 16.5. The van der Waals surface area contributed by atoms with E-state index in [0.717, 1.165) is 66.8 Å². The number of nitrogen functional groups attached to an aromatic ring is 1. The quantitative estimate of drug-likeness (QED) is 0.249. The summed E-state index contributed by atoms with van der Waals surface area (Å²) in [7, 11) is 0. The van der Waals surface area contributed by atoms with E-state index in [0.29, 0.717) is 0 Å². The molecule has 33 heavy (non-hydrogen) atoms. The summed E-state index contributed by atoms with van der Waals surface area (Å²) in [6.07, 6.45) is 7.77. The molecule has 3 rings (SSSR count). The number of rotatable bonds is 12. The minimum absolute atomic E-state index is 0.0846. The molecule has 5 N–H and O–H groups in total. The first kappa shape index (κ1) is 24.6. The summed E-state index contributed by atoms with van der Waals surface area (Å²) >= 11 is 0. The molecule has 1 heterocycles. The van der Waals surface area contributed by atoms with Crippen molar-refractivity contribution in [1.29, 1.82) is 5.41 Å². The van der Waals surface area contributed by atoms with Gasteiger partial charge in [-0.25, -0.2) is 0 Å². The molecular formula is C27H38N4O2. The lowest BCUT2D eigenvalue weighted by molar-refractivity contribution is 0.161. The third-order valence-corrected chi connectivity index (χ3v) is 6.28. The van der Waals surface area contributed by atoms with Gasteiger partial charge in [-0.1, -0.05) is 6.08 Å². The van der Waals surface area contributed by atoms with E-state index in [4.69, 9.17) is 26.4 Å². The van der Waals surface area contributed by atoms with Crippen molar-refractivity contribution in [1.82, 2.24) is 4.90 Å². The highest BCUT2D eigenvalue weighted by Crippen LogP contribution is 2.23. The van der Waals surface area contributed by atoms with Gasteiger partial charge in [0.1, 0.15) is 17.3 Å². The molecule has 1 aliphatic rings. The molecule has 0 atom stereocenters. The van der Waals surface area contributed by atoms with Crippen molar-refractivity contribution < 1.29 is 9.47 Å². The molecule has 0 spiro atoms. The first-order chi connectivity index (χ1) is 16.0. The normalized spacial score (nSPS) is 15.4. The van der Waals surface area contributed by atoms with E-state index in [1.807, 2.05) is 61.5 Å². The van der Waals surface area contributed by atoms with Crippen LogP contribution in [0.1, 0.15) is 50.2 Å². The number of piperidine rings is 1. The summed E-state index contributed by atoms with van der Waals surface area (Å²) in [6.45, 7) is 6.86. The molecule has 6 heteroatoms. The Morgan fingerprint density at radius 1 is 0.909 bits per heavy atom. The predicted octanol–water partition coefficient (Wildman–Crippen LogP) is 4.63. The first-order valence-corrected chi connectivity index (χ1v) is 12.0. The summed E-state index contributed by atoms with van der Waals surface area (Å²) in [5.41, 5.74) is 14.0.